The van der Waals surface area contributed by atoms with Crippen molar-refractivity contribution in [1.29, 1.82) is 0 Å². The lowest BCUT2D eigenvalue weighted by Crippen LogP contribution is -2.12. The highest BCUT2D eigenvalue weighted by Gasteiger charge is 2.10. The van der Waals surface area contributed by atoms with Crippen LogP contribution in [0.2, 0.25) is 0 Å². The molecular weight excluding hydrogens is 200 g/mol. The van der Waals surface area contributed by atoms with Crippen molar-refractivity contribution in [3.63, 3.8) is 0 Å². The zero-order valence-corrected chi connectivity index (χ0v) is 9.42. The molecule has 0 bridgehead atoms. The minimum atomic E-state index is -0.0903. The van der Waals surface area contributed by atoms with Gasteiger partial charge < -0.3 is 0 Å². The Labute approximate surface area is 94.7 Å². The second kappa shape index (κ2) is 4.31. The third kappa shape index (κ3) is 2.03. The second-order valence-corrected chi connectivity index (χ2v) is 4.01. The molecule has 0 amide bonds. The summed E-state index contributed by atoms with van der Waals surface area (Å²) in [5, 5.41) is 4.25. The third-order valence-corrected chi connectivity index (χ3v) is 2.43. The van der Waals surface area contributed by atoms with Gasteiger partial charge in [0.15, 0.2) is 0 Å². The highest BCUT2D eigenvalue weighted by molar-refractivity contribution is 5.95. The fourth-order valence-electron chi connectivity index (χ4n) is 1.47. The molecule has 3 heteroatoms. The lowest BCUT2D eigenvalue weighted by atomic mass is 10.1. The maximum atomic E-state index is 12.0. The largest absolute Gasteiger partial charge is 0.278 e. The summed E-state index contributed by atoms with van der Waals surface area (Å²) in [5.74, 6) is 0.248. The number of benzene rings is 1. The third-order valence-electron chi connectivity index (χ3n) is 2.43. The van der Waals surface area contributed by atoms with Gasteiger partial charge in [-0.15, -0.1) is 0 Å². The van der Waals surface area contributed by atoms with E-state index in [1.54, 1.807) is 18.3 Å². The predicted molar refractivity (Wildman–Crippen MR) is 62.5 cm³/mol. The van der Waals surface area contributed by atoms with Gasteiger partial charge in [0.05, 0.1) is 5.69 Å². The number of rotatable bonds is 2. The Morgan fingerprint density at radius 2 is 1.88 bits per heavy atom. The summed E-state index contributed by atoms with van der Waals surface area (Å²) in [6.45, 7) is 4.11. The molecule has 3 nitrogen and oxygen atoms in total. The summed E-state index contributed by atoms with van der Waals surface area (Å²) < 4.78 is 1.39. The van der Waals surface area contributed by atoms with Crippen molar-refractivity contribution >= 4 is 5.91 Å². The van der Waals surface area contributed by atoms with Crippen LogP contribution in [0.5, 0.6) is 0 Å². The van der Waals surface area contributed by atoms with Gasteiger partial charge in [-0.1, -0.05) is 32.0 Å². The lowest BCUT2D eigenvalue weighted by molar-refractivity contribution is 0.0944. The van der Waals surface area contributed by atoms with Crippen LogP contribution in [-0.4, -0.2) is 15.7 Å². The van der Waals surface area contributed by atoms with Crippen molar-refractivity contribution in [2.45, 2.75) is 19.8 Å². The van der Waals surface area contributed by atoms with Gasteiger partial charge in [-0.2, -0.15) is 5.10 Å². The maximum Gasteiger partial charge on any atom is 0.278 e. The molecular formula is C13H14N2O. The lowest BCUT2D eigenvalue weighted by Gasteiger charge is -2.01. The van der Waals surface area contributed by atoms with Crippen LogP contribution in [-0.2, 0) is 0 Å². The van der Waals surface area contributed by atoms with Crippen molar-refractivity contribution in [2.75, 3.05) is 0 Å². The highest BCUT2D eigenvalue weighted by atomic mass is 16.2. The van der Waals surface area contributed by atoms with Crippen LogP contribution in [0.25, 0.3) is 0 Å². The van der Waals surface area contributed by atoms with E-state index in [2.05, 4.69) is 18.9 Å². The van der Waals surface area contributed by atoms with Crippen LogP contribution in [0, 0.1) is 0 Å². The zero-order chi connectivity index (χ0) is 11.5. The number of aromatic nitrogens is 2. The summed E-state index contributed by atoms with van der Waals surface area (Å²) in [6, 6.07) is 11.0. The molecule has 0 atom stereocenters. The molecule has 0 radical (unpaired) electrons. The van der Waals surface area contributed by atoms with E-state index in [0.717, 1.165) is 5.69 Å². The Morgan fingerprint density at radius 1 is 1.19 bits per heavy atom. The van der Waals surface area contributed by atoms with Gasteiger partial charge in [0, 0.05) is 11.8 Å². The average Bonchev–Trinajstić information content (AvgIpc) is 2.78. The van der Waals surface area contributed by atoms with Gasteiger partial charge in [0.2, 0.25) is 0 Å². The predicted octanol–water partition coefficient (Wildman–Crippen LogP) is 2.70. The van der Waals surface area contributed by atoms with Crippen molar-refractivity contribution in [1.82, 2.24) is 9.78 Å². The van der Waals surface area contributed by atoms with E-state index in [1.165, 1.54) is 4.68 Å². The van der Waals surface area contributed by atoms with Gasteiger partial charge in [-0.05, 0) is 24.1 Å². The van der Waals surface area contributed by atoms with Crippen LogP contribution < -0.4 is 0 Å². The molecule has 0 aliphatic rings. The van der Waals surface area contributed by atoms with Gasteiger partial charge in [0.25, 0.3) is 5.91 Å². The molecule has 1 aromatic carbocycles. The summed E-state index contributed by atoms with van der Waals surface area (Å²) in [6.07, 6.45) is 1.71. The van der Waals surface area contributed by atoms with Gasteiger partial charge in [-0.3, -0.25) is 4.79 Å². The molecule has 0 unspecified atom stereocenters. The molecule has 1 aromatic heterocycles. The Kier molecular flexibility index (Phi) is 2.86. The normalized spacial score (nSPS) is 10.7. The molecule has 0 saturated heterocycles. The fourth-order valence-corrected chi connectivity index (χ4v) is 1.47. The number of nitrogens with zero attached hydrogens (tertiary/aromatic N) is 2. The van der Waals surface area contributed by atoms with E-state index in [0.29, 0.717) is 11.5 Å². The van der Waals surface area contributed by atoms with E-state index in [-0.39, 0.29) is 5.91 Å². The van der Waals surface area contributed by atoms with Crippen LogP contribution in [0.15, 0.2) is 42.6 Å². The molecule has 0 aliphatic heterocycles. The Balaban J connectivity index is 2.28. The summed E-state index contributed by atoms with van der Waals surface area (Å²) in [7, 11) is 0. The molecule has 16 heavy (non-hydrogen) atoms. The SMILES string of the molecule is CC(C)c1ccn(C(=O)c2ccccc2)n1. The molecule has 0 saturated carbocycles. The standard InChI is InChI=1S/C13H14N2O/c1-10(2)12-8-9-15(14-12)13(16)11-6-4-3-5-7-11/h3-10H,1-2H3. The first kappa shape index (κ1) is 10.6. The van der Waals surface area contributed by atoms with Crippen LogP contribution in [0.4, 0.5) is 0 Å². The van der Waals surface area contributed by atoms with Crippen molar-refractivity contribution < 1.29 is 4.79 Å². The molecule has 0 fully saturated rings. The summed E-state index contributed by atoms with van der Waals surface area (Å²) in [4.78, 5) is 12.0. The fraction of sp³-hybridized carbons (Fsp3) is 0.231. The quantitative estimate of drug-likeness (QED) is 0.770. The number of hydrogen-bond donors (Lipinski definition) is 0. The number of carbonyl (C=O) groups excluding carboxylic acids is 1. The van der Waals surface area contributed by atoms with Gasteiger partial charge in [0.1, 0.15) is 0 Å². The zero-order valence-electron chi connectivity index (χ0n) is 9.42. The van der Waals surface area contributed by atoms with E-state index in [9.17, 15) is 4.79 Å². The molecule has 0 N–H and O–H groups in total. The molecule has 2 aromatic rings. The maximum absolute atomic E-state index is 12.0. The summed E-state index contributed by atoms with van der Waals surface area (Å²) in [5.41, 5.74) is 1.59. The molecule has 0 aliphatic carbocycles. The van der Waals surface area contributed by atoms with Gasteiger partial charge in [-0.25, -0.2) is 4.68 Å². The number of carbonyl (C=O) groups is 1. The average molecular weight is 214 g/mol. The Morgan fingerprint density at radius 3 is 2.44 bits per heavy atom. The topological polar surface area (TPSA) is 34.9 Å². The van der Waals surface area contributed by atoms with Crippen molar-refractivity contribution in [3.8, 4) is 0 Å². The minimum absolute atomic E-state index is 0.0903. The van der Waals surface area contributed by atoms with Gasteiger partial charge >= 0.3 is 0 Å². The monoisotopic (exact) mass is 214 g/mol. The van der Waals surface area contributed by atoms with Crippen LogP contribution in [0.1, 0.15) is 35.8 Å². The Hall–Kier alpha value is -1.90. The van der Waals surface area contributed by atoms with Crippen molar-refractivity contribution in [3.05, 3.63) is 53.9 Å². The van der Waals surface area contributed by atoms with E-state index in [1.807, 2.05) is 24.3 Å². The van der Waals surface area contributed by atoms with Crippen LogP contribution >= 0.6 is 0 Å². The Bertz CT molecular complexity index is 486. The van der Waals surface area contributed by atoms with E-state index in [4.69, 9.17) is 0 Å². The summed E-state index contributed by atoms with van der Waals surface area (Å²) >= 11 is 0. The minimum Gasteiger partial charge on any atom is -0.267 e. The highest BCUT2D eigenvalue weighted by Crippen LogP contribution is 2.11. The van der Waals surface area contributed by atoms with E-state index < -0.39 is 0 Å². The second-order valence-electron chi connectivity index (χ2n) is 4.01. The first-order chi connectivity index (χ1) is 7.68. The van der Waals surface area contributed by atoms with Crippen molar-refractivity contribution in [2.24, 2.45) is 0 Å². The van der Waals surface area contributed by atoms with Crippen LogP contribution in [0.3, 0.4) is 0 Å². The molecule has 1 heterocycles. The smallest absolute Gasteiger partial charge is 0.267 e. The molecule has 2 rings (SSSR count). The first-order valence-corrected chi connectivity index (χ1v) is 5.34. The molecule has 0 spiro atoms. The number of hydrogen-bond acceptors (Lipinski definition) is 2. The first-order valence-electron chi connectivity index (χ1n) is 5.34. The van der Waals surface area contributed by atoms with E-state index >= 15 is 0 Å². The molecule has 82 valence electrons.